The monoisotopic (exact) mass is 307 g/mol. The van der Waals surface area contributed by atoms with Crippen LogP contribution >= 0.6 is 0 Å². The van der Waals surface area contributed by atoms with E-state index in [1.807, 2.05) is 6.92 Å². The maximum absolute atomic E-state index is 5.93. The summed E-state index contributed by atoms with van der Waals surface area (Å²) in [6, 6.07) is 4.88. The van der Waals surface area contributed by atoms with Crippen LogP contribution in [0, 0.1) is 5.92 Å². The van der Waals surface area contributed by atoms with E-state index in [2.05, 4.69) is 17.0 Å². The van der Waals surface area contributed by atoms with Crippen molar-refractivity contribution in [2.45, 2.75) is 58.2 Å². The lowest BCUT2D eigenvalue weighted by atomic mass is 9.85. The number of piperidine rings is 1. The fraction of sp³-hybridized carbons (Fsp3) is 0.778. The Morgan fingerprint density at radius 3 is 2.77 bits per heavy atom. The summed E-state index contributed by atoms with van der Waals surface area (Å²) in [5.41, 5.74) is 0. The van der Waals surface area contributed by atoms with Crippen LogP contribution in [0.15, 0.2) is 16.5 Å². The molecule has 1 atom stereocenters. The Hall–Kier alpha value is -0.840. The molecule has 0 amide bonds. The molecule has 4 heteroatoms. The van der Waals surface area contributed by atoms with Gasteiger partial charge in [-0.05, 0) is 57.2 Å². The standard InChI is InChI=1S/C18H29NO3/c1-2-20-14-17-7-6-16(22-17)13-19-10-4-3-5-18(19)15-8-11-21-12-9-15/h6-7,15,18H,2-5,8-14H2,1H3. The van der Waals surface area contributed by atoms with Gasteiger partial charge in [-0.15, -0.1) is 0 Å². The highest BCUT2D eigenvalue weighted by Crippen LogP contribution is 2.31. The molecule has 3 heterocycles. The molecule has 0 spiro atoms. The van der Waals surface area contributed by atoms with Crippen LogP contribution in [0.2, 0.25) is 0 Å². The smallest absolute Gasteiger partial charge is 0.129 e. The molecule has 124 valence electrons. The van der Waals surface area contributed by atoms with E-state index in [1.165, 1.54) is 38.6 Å². The van der Waals surface area contributed by atoms with Crippen LogP contribution in [-0.4, -0.2) is 37.3 Å². The second-order valence-corrected chi connectivity index (χ2v) is 6.49. The van der Waals surface area contributed by atoms with Crippen molar-refractivity contribution >= 4 is 0 Å². The summed E-state index contributed by atoms with van der Waals surface area (Å²) in [7, 11) is 0. The average Bonchev–Trinajstić information content (AvgIpc) is 3.02. The van der Waals surface area contributed by atoms with Crippen molar-refractivity contribution in [3.8, 4) is 0 Å². The van der Waals surface area contributed by atoms with Gasteiger partial charge in [0.05, 0.1) is 6.54 Å². The van der Waals surface area contributed by atoms with Crippen LogP contribution in [0.5, 0.6) is 0 Å². The minimum atomic E-state index is 0.583. The molecule has 2 fully saturated rings. The van der Waals surface area contributed by atoms with Crippen molar-refractivity contribution in [1.82, 2.24) is 4.90 Å². The fourth-order valence-corrected chi connectivity index (χ4v) is 3.84. The zero-order valence-electron chi connectivity index (χ0n) is 13.8. The molecule has 3 rings (SSSR count). The summed E-state index contributed by atoms with van der Waals surface area (Å²) in [5, 5.41) is 0. The molecule has 1 unspecified atom stereocenters. The van der Waals surface area contributed by atoms with Crippen LogP contribution in [0.25, 0.3) is 0 Å². The molecular formula is C18H29NO3. The number of nitrogens with zero attached hydrogens (tertiary/aromatic N) is 1. The van der Waals surface area contributed by atoms with Crippen LogP contribution in [0.4, 0.5) is 0 Å². The number of furan rings is 1. The van der Waals surface area contributed by atoms with Gasteiger partial charge < -0.3 is 13.9 Å². The molecule has 4 nitrogen and oxygen atoms in total. The predicted octanol–water partition coefficient (Wildman–Crippen LogP) is 3.60. The summed E-state index contributed by atoms with van der Waals surface area (Å²) < 4.78 is 16.9. The number of rotatable bonds is 6. The van der Waals surface area contributed by atoms with Gasteiger partial charge in [-0.2, -0.15) is 0 Å². The molecule has 0 saturated carbocycles. The summed E-state index contributed by atoms with van der Waals surface area (Å²) in [5.74, 6) is 2.82. The Morgan fingerprint density at radius 1 is 1.14 bits per heavy atom. The number of likely N-dealkylation sites (tertiary alicyclic amines) is 1. The molecule has 1 aromatic rings. The average molecular weight is 307 g/mol. The quantitative estimate of drug-likeness (QED) is 0.804. The topological polar surface area (TPSA) is 34.8 Å². The van der Waals surface area contributed by atoms with E-state index in [1.54, 1.807) is 0 Å². The van der Waals surface area contributed by atoms with Gasteiger partial charge in [0, 0.05) is 25.9 Å². The molecule has 0 radical (unpaired) electrons. The maximum atomic E-state index is 5.93. The summed E-state index contributed by atoms with van der Waals surface area (Å²) in [4.78, 5) is 2.64. The van der Waals surface area contributed by atoms with Gasteiger partial charge in [-0.25, -0.2) is 0 Å². The Labute approximate surface area is 133 Å². The van der Waals surface area contributed by atoms with E-state index in [-0.39, 0.29) is 0 Å². The second kappa shape index (κ2) is 8.14. The second-order valence-electron chi connectivity index (χ2n) is 6.49. The predicted molar refractivity (Wildman–Crippen MR) is 85.6 cm³/mol. The summed E-state index contributed by atoms with van der Waals surface area (Å²) >= 11 is 0. The van der Waals surface area contributed by atoms with Crippen LogP contribution < -0.4 is 0 Å². The lowest BCUT2D eigenvalue weighted by Gasteiger charge is -2.41. The van der Waals surface area contributed by atoms with Gasteiger partial charge in [0.25, 0.3) is 0 Å². The Kier molecular flexibility index (Phi) is 5.93. The van der Waals surface area contributed by atoms with Gasteiger partial charge >= 0.3 is 0 Å². The van der Waals surface area contributed by atoms with E-state index < -0.39 is 0 Å². The highest BCUT2D eigenvalue weighted by molar-refractivity contribution is 5.07. The van der Waals surface area contributed by atoms with Gasteiger partial charge in [-0.3, -0.25) is 4.90 Å². The maximum Gasteiger partial charge on any atom is 0.129 e. The molecule has 0 bridgehead atoms. The van der Waals surface area contributed by atoms with Gasteiger partial charge in [-0.1, -0.05) is 6.42 Å². The molecule has 0 aliphatic carbocycles. The first kappa shape index (κ1) is 16.0. The van der Waals surface area contributed by atoms with Crippen LogP contribution in [0.1, 0.15) is 50.5 Å². The highest BCUT2D eigenvalue weighted by Gasteiger charge is 2.31. The molecule has 0 aromatic carbocycles. The van der Waals surface area contributed by atoms with Crippen LogP contribution in [0.3, 0.4) is 0 Å². The first-order valence-corrected chi connectivity index (χ1v) is 8.84. The van der Waals surface area contributed by atoms with Crippen molar-refractivity contribution < 1.29 is 13.9 Å². The van der Waals surface area contributed by atoms with Crippen molar-refractivity contribution in [2.75, 3.05) is 26.4 Å². The first-order valence-electron chi connectivity index (χ1n) is 8.84. The fourth-order valence-electron chi connectivity index (χ4n) is 3.84. The molecule has 0 N–H and O–H groups in total. The van der Waals surface area contributed by atoms with Crippen molar-refractivity contribution in [1.29, 1.82) is 0 Å². The Morgan fingerprint density at radius 2 is 1.95 bits per heavy atom. The highest BCUT2D eigenvalue weighted by atomic mass is 16.5. The van der Waals surface area contributed by atoms with E-state index in [0.717, 1.165) is 43.8 Å². The largest absolute Gasteiger partial charge is 0.462 e. The summed E-state index contributed by atoms with van der Waals surface area (Å²) in [6.07, 6.45) is 6.44. The number of hydrogen-bond acceptors (Lipinski definition) is 4. The van der Waals surface area contributed by atoms with Crippen molar-refractivity contribution in [3.05, 3.63) is 23.7 Å². The van der Waals surface area contributed by atoms with E-state index >= 15 is 0 Å². The molecule has 2 aliphatic heterocycles. The molecule has 22 heavy (non-hydrogen) atoms. The normalized spacial score (nSPS) is 24.7. The van der Waals surface area contributed by atoms with Gasteiger partial charge in [0.15, 0.2) is 0 Å². The number of ether oxygens (including phenoxy) is 2. The zero-order valence-corrected chi connectivity index (χ0v) is 13.8. The van der Waals surface area contributed by atoms with Crippen molar-refractivity contribution in [3.63, 3.8) is 0 Å². The van der Waals surface area contributed by atoms with E-state index in [0.29, 0.717) is 12.6 Å². The van der Waals surface area contributed by atoms with Gasteiger partial charge in [0.2, 0.25) is 0 Å². The molecule has 1 aromatic heterocycles. The zero-order chi connectivity index (χ0) is 15.2. The first-order chi connectivity index (χ1) is 10.9. The van der Waals surface area contributed by atoms with Crippen LogP contribution in [-0.2, 0) is 22.6 Å². The third-order valence-electron chi connectivity index (χ3n) is 5.00. The minimum Gasteiger partial charge on any atom is -0.462 e. The third-order valence-corrected chi connectivity index (χ3v) is 5.00. The van der Waals surface area contributed by atoms with Crippen molar-refractivity contribution in [2.24, 2.45) is 5.92 Å². The summed E-state index contributed by atoms with van der Waals surface area (Å²) in [6.45, 7) is 7.34. The third kappa shape index (κ3) is 4.12. The SMILES string of the molecule is CCOCc1ccc(CN2CCCCC2C2CCOCC2)o1. The lowest BCUT2D eigenvalue weighted by Crippen LogP contribution is -2.45. The number of hydrogen-bond donors (Lipinski definition) is 0. The molecule has 2 aliphatic rings. The van der Waals surface area contributed by atoms with E-state index in [4.69, 9.17) is 13.9 Å². The van der Waals surface area contributed by atoms with Gasteiger partial charge in [0.1, 0.15) is 18.1 Å². The van der Waals surface area contributed by atoms with E-state index in [9.17, 15) is 0 Å². The molecule has 2 saturated heterocycles. The Bertz CT molecular complexity index is 439. The Balaban J connectivity index is 1.59. The minimum absolute atomic E-state index is 0.583. The molecular weight excluding hydrogens is 278 g/mol. The lowest BCUT2D eigenvalue weighted by molar-refractivity contribution is 0.00761.